The lowest BCUT2D eigenvalue weighted by molar-refractivity contribution is -0.224. The average molecular weight is 481 g/mol. The molecule has 0 N–H and O–H groups in total. The zero-order chi connectivity index (χ0) is 24.5. The van der Waals surface area contributed by atoms with Crippen molar-refractivity contribution < 1.29 is 28.5 Å². The van der Waals surface area contributed by atoms with Gasteiger partial charge in [0.2, 0.25) is 0 Å². The molecule has 34 heavy (non-hydrogen) atoms. The summed E-state index contributed by atoms with van der Waals surface area (Å²) in [4.78, 5) is 23.8. The van der Waals surface area contributed by atoms with E-state index in [4.69, 9.17) is 18.9 Å². The number of rotatable bonds is 4. The molecule has 0 aromatic heterocycles. The van der Waals surface area contributed by atoms with Gasteiger partial charge in [-0.1, -0.05) is 27.7 Å². The number of carbonyl (C=O) groups is 2. The van der Waals surface area contributed by atoms with Crippen molar-refractivity contribution in [1.29, 1.82) is 0 Å². The molecule has 1 saturated heterocycles. The second-order valence-electron chi connectivity index (χ2n) is 11.7. The van der Waals surface area contributed by atoms with Gasteiger partial charge in [0.15, 0.2) is 0 Å². The summed E-state index contributed by atoms with van der Waals surface area (Å²) in [7, 11) is 0. The molecule has 0 atom stereocenters. The summed E-state index contributed by atoms with van der Waals surface area (Å²) in [6.07, 6.45) is 12.8. The Balaban J connectivity index is 0.000000191. The van der Waals surface area contributed by atoms with E-state index in [-0.39, 0.29) is 30.1 Å². The van der Waals surface area contributed by atoms with E-state index in [0.29, 0.717) is 19.1 Å². The zero-order valence-corrected chi connectivity index (χ0v) is 22.0. The second kappa shape index (κ2) is 13.8. The molecule has 0 aromatic rings. The van der Waals surface area contributed by atoms with Crippen LogP contribution in [-0.4, -0.2) is 43.7 Å². The van der Waals surface area contributed by atoms with Crippen LogP contribution in [0.4, 0.5) is 0 Å². The fourth-order valence-electron chi connectivity index (χ4n) is 5.41. The maximum Gasteiger partial charge on any atom is 0.363 e. The quantitative estimate of drug-likeness (QED) is 0.456. The maximum atomic E-state index is 12.0. The molecule has 0 spiro atoms. The third-order valence-electron chi connectivity index (χ3n) is 8.10. The summed E-state index contributed by atoms with van der Waals surface area (Å²) in [5.74, 6) is 2.68. The molecule has 0 aromatic carbocycles. The van der Waals surface area contributed by atoms with Crippen LogP contribution < -0.4 is 0 Å². The first-order valence-corrected chi connectivity index (χ1v) is 13.9. The number of hydrogen-bond donors (Lipinski definition) is 0. The van der Waals surface area contributed by atoms with Crippen molar-refractivity contribution in [2.75, 3.05) is 13.2 Å². The van der Waals surface area contributed by atoms with Gasteiger partial charge in [0.25, 0.3) is 6.29 Å². The monoisotopic (exact) mass is 480 g/mol. The van der Waals surface area contributed by atoms with Gasteiger partial charge in [-0.25, -0.2) is 4.79 Å². The van der Waals surface area contributed by atoms with Gasteiger partial charge < -0.3 is 18.9 Å². The standard InChI is InChI=1S/C15H26O2.C13H22O4/c1-11-3-7-13(8-4-11)15(16)17-14-9-5-12(2)6-10-14;1-9-3-5-11(6-4-9)17-12(14)13-15-7-10(2)8-16-13/h11-14H,3-10H2,1-2H3;9-11,13H,3-8H2,1-2H3. The molecular weight excluding hydrogens is 432 g/mol. The van der Waals surface area contributed by atoms with Crippen molar-refractivity contribution in [2.24, 2.45) is 29.6 Å². The molecular formula is C28H48O6. The normalized spacial score (nSPS) is 38.7. The van der Waals surface area contributed by atoms with Crippen LogP contribution in [0.25, 0.3) is 0 Å². The van der Waals surface area contributed by atoms with Gasteiger partial charge in [-0.3, -0.25) is 4.79 Å². The third kappa shape index (κ3) is 9.14. The fraction of sp³-hybridized carbons (Fsp3) is 0.929. The van der Waals surface area contributed by atoms with E-state index >= 15 is 0 Å². The lowest BCUT2D eigenvalue weighted by Gasteiger charge is -2.30. The largest absolute Gasteiger partial charge is 0.462 e. The Hall–Kier alpha value is -1.14. The molecule has 6 nitrogen and oxygen atoms in total. The topological polar surface area (TPSA) is 71.1 Å². The Morgan fingerprint density at radius 2 is 0.912 bits per heavy atom. The van der Waals surface area contributed by atoms with Crippen LogP contribution in [0.1, 0.15) is 105 Å². The Kier molecular flexibility index (Phi) is 11.2. The summed E-state index contributed by atoms with van der Waals surface area (Å²) in [5, 5.41) is 0. The van der Waals surface area contributed by atoms with Crippen LogP contribution in [0.5, 0.6) is 0 Å². The lowest BCUT2D eigenvalue weighted by Crippen LogP contribution is -2.39. The highest BCUT2D eigenvalue weighted by atomic mass is 16.7. The van der Waals surface area contributed by atoms with Gasteiger partial charge in [-0.15, -0.1) is 0 Å². The second-order valence-corrected chi connectivity index (χ2v) is 11.7. The van der Waals surface area contributed by atoms with Crippen molar-refractivity contribution in [3.8, 4) is 0 Å². The highest BCUT2D eigenvalue weighted by Crippen LogP contribution is 2.31. The number of esters is 2. The summed E-state index contributed by atoms with van der Waals surface area (Å²) >= 11 is 0. The van der Waals surface area contributed by atoms with Gasteiger partial charge >= 0.3 is 11.9 Å². The zero-order valence-electron chi connectivity index (χ0n) is 22.0. The fourth-order valence-corrected chi connectivity index (χ4v) is 5.41. The maximum absolute atomic E-state index is 12.0. The minimum absolute atomic E-state index is 0.0604. The van der Waals surface area contributed by atoms with Crippen molar-refractivity contribution in [3.63, 3.8) is 0 Å². The van der Waals surface area contributed by atoms with E-state index in [2.05, 4.69) is 20.8 Å². The van der Waals surface area contributed by atoms with Crippen LogP contribution >= 0.6 is 0 Å². The molecule has 6 heteroatoms. The van der Waals surface area contributed by atoms with Gasteiger partial charge in [-0.2, -0.15) is 0 Å². The highest BCUT2D eigenvalue weighted by Gasteiger charge is 2.31. The Labute approximate surface area is 206 Å². The van der Waals surface area contributed by atoms with Crippen LogP contribution in [0.2, 0.25) is 0 Å². The lowest BCUT2D eigenvalue weighted by atomic mass is 9.83. The molecule has 4 rings (SSSR count). The Bertz CT molecular complexity index is 550. The molecule has 4 fully saturated rings. The van der Waals surface area contributed by atoms with Crippen LogP contribution in [-0.2, 0) is 28.5 Å². The molecule has 1 heterocycles. The molecule has 3 aliphatic carbocycles. The number of carbonyl (C=O) groups excluding carboxylic acids is 2. The van der Waals surface area contributed by atoms with Crippen LogP contribution in [0, 0.1) is 29.6 Å². The molecule has 196 valence electrons. The first-order valence-electron chi connectivity index (χ1n) is 13.9. The predicted molar refractivity (Wildman–Crippen MR) is 131 cm³/mol. The van der Waals surface area contributed by atoms with Crippen molar-refractivity contribution in [2.45, 2.75) is 123 Å². The molecule has 4 aliphatic rings. The molecule has 1 aliphatic heterocycles. The summed E-state index contributed by atoms with van der Waals surface area (Å²) in [6.45, 7) is 9.99. The highest BCUT2D eigenvalue weighted by molar-refractivity contribution is 5.73. The third-order valence-corrected chi connectivity index (χ3v) is 8.10. The minimum atomic E-state index is -0.800. The van der Waals surface area contributed by atoms with Gasteiger partial charge in [0.05, 0.1) is 19.1 Å². The van der Waals surface area contributed by atoms with Gasteiger partial charge in [0, 0.05) is 5.92 Å². The Morgan fingerprint density at radius 1 is 0.529 bits per heavy atom. The first-order chi connectivity index (χ1) is 16.3. The predicted octanol–water partition coefficient (Wildman–Crippen LogP) is 6.05. The average Bonchev–Trinajstić information content (AvgIpc) is 2.83. The smallest absolute Gasteiger partial charge is 0.363 e. The minimum Gasteiger partial charge on any atom is -0.462 e. The number of hydrogen-bond acceptors (Lipinski definition) is 6. The van der Waals surface area contributed by atoms with E-state index in [1.807, 2.05) is 6.92 Å². The Morgan fingerprint density at radius 3 is 1.35 bits per heavy atom. The van der Waals surface area contributed by atoms with Crippen molar-refractivity contribution in [1.82, 2.24) is 0 Å². The number of ether oxygens (including phenoxy) is 4. The van der Waals surface area contributed by atoms with E-state index in [1.54, 1.807) is 0 Å². The van der Waals surface area contributed by atoms with E-state index < -0.39 is 6.29 Å². The SMILES string of the molecule is CC1CCC(OC(=O)C2CCC(C)CC2)CC1.CC1CCC(OC(=O)C2OCC(C)CO2)CC1. The first kappa shape index (κ1) is 27.4. The molecule has 0 unspecified atom stereocenters. The van der Waals surface area contributed by atoms with Crippen molar-refractivity contribution in [3.05, 3.63) is 0 Å². The molecule has 0 bridgehead atoms. The molecule has 0 radical (unpaired) electrons. The van der Waals surface area contributed by atoms with Gasteiger partial charge in [-0.05, 0) is 94.8 Å². The molecule has 3 saturated carbocycles. The van der Waals surface area contributed by atoms with Crippen LogP contribution in [0.15, 0.2) is 0 Å². The van der Waals surface area contributed by atoms with E-state index in [1.165, 1.54) is 25.7 Å². The van der Waals surface area contributed by atoms with E-state index in [9.17, 15) is 9.59 Å². The van der Waals surface area contributed by atoms with E-state index in [0.717, 1.165) is 69.1 Å². The summed E-state index contributed by atoms with van der Waals surface area (Å²) in [6, 6.07) is 0. The summed E-state index contributed by atoms with van der Waals surface area (Å²) < 4.78 is 21.7. The summed E-state index contributed by atoms with van der Waals surface area (Å²) in [5.41, 5.74) is 0. The van der Waals surface area contributed by atoms with Crippen molar-refractivity contribution >= 4 is 11.9 Å². The van der Waals surface area contributed by atoms with Gasteiger partial charge in [0.1, 0.15) is 12.2 Å². The molecule has 0 amide bonds. The van der Waals surface area contributed by atoms with Crippen LogP contribution in [0.3, 0.4) is 0 Å².